The second kappa shape index (κ2) is 2.89. The SMILES string of the molecule is CC1CC1c1ccc(-c2cnc(N)o2)o1. The minimum absolute atomic E-state index is 0.169. The van der Waals surface area contributed by atoms with E-state index in [0.717, 1.165) is 11.7 Å². The molecule has 1 saturated carbocycles. The highest BCUT2D eigenvalue weighted by molar-refractivity contribution is 5.50. The maximum Gasteiger partial charge on any atom is 0.292 e. The average Bonchev–Trinajstić information content (AvgIpc) is 2.71. The quantitative estimate of drug-likeness (QED) is 0.816. The zero-order valence-electron chi connectivity index (χ0n) is 8.43. The predicted molar refractivity (Wildman–Crippen MR) is 55.1 cm³/mol. The second-order valence-corrected chi connectivity index (χ2v) is 4.08. The average molecular weight is 204 g/mol. The summed E-state index contributed by atoms with van der Waals surface area (Å²) in [4.78, 5) is 3.83. The number of nitrogens with two attached hydrogens (primary N) is 1. The Labute approximate surface area is 87.1 Å². The smallest absolute Gasteiger partial charge is 0.292 e. The van der Waals surface area contributed by atoms with E-state index >= 15 is 0 Å². The van der Waals surface area contributed by atoms with Gasteiger partial charge in [-0.2, -0.15) is 0 Å². The van der Waals surface area contributed by atoms with Crippen molar-refractivity contribution in [1.82, 2.24) is 4.98 Å². The van der Waals surface area contributed by atoms with Gasteiger partial charge in [-0.25, -0.2) is 4.98 Å². The second-order valence-electron chi connectivity index (χ2n) is 4.08. The molecule has 4 heteroatoms. The van der Waals surface area contributed by atoms with Crippen LogP contribution in [-0.2, 0) is 0 Å². The van der Waals surface area contributed by atoms with E-state index in [1.165, 1.54) is 6.42 Å². The monoisotopic (exact) mass is 204 g/mol. The van der Waals surface area contributed by atoms with Crippen LogP contribution in [-0.4, -0.2) is 4.98 Å². The number of rotatable bonds is 2. The van der Waals surface area contributed by atoms with Crippen LogP contribution in [0, 0.1) is 5.92 Å². The van der Waals surface area contributed by atoms with Crippen LogP contribution in [0.2, 0.25) is 0 Å². The molecule has 0 saturated heterocycles. The van der Waals surface area contributed by atoms with E-state index < -0.39 is 0 Å². The molecule has 1 fully saturated rings. The molecular weight excluding hydrogens is 192 g/mol. The van der Waals surface area contributed by atoms with Crippen molar-refractivity contribution in [2.75, 3.05) is 5.73 Å². The Kier molecular flexibility index (Phi) is 1.65. The van der Waals surface area contributed by atoms with Crippen LogP contribution in [0.15, 0.2) is 27.2 Å². The Morgan fingerprint density at radius 3 is 2.73 bits per heavy atom. The van der Waals surface area contributed by atoms with Crippen molar-refractivity contribution in [3.63, 3.8) is 0 Å². The number of nitrogens with zero attached hydrogens (tertiary/aromatic N) is 1. The maximum atomic E-state index is 5.69. The maximum absolute atomic E-state index is 5.69. The molecule has 3 rings (SSSR count). The van der Waals surface area contributed by atoms with Gasteiger partial charge >= 0.3 is 0 Å². The van der Waals surface area contributed by atoms with Crippen LogP contribution >= 0.6 is 0 Å². The fraction of sp³-hybridized carbons (Fsp3) is 0.364. The molecule has 0 spiro atoms. The van der Waals surface area contributed by atoms with Crippen molar-refractivity contribution in [2.24, 2.45) is 5.92 Å². The Hall–Kier alpha value is -1.71. The molecule has 0 bridgehead atoms. The molecule has 2 aromatic rings. The highest BCUT2D eigenvalue weighted by Gasteiger charge is 2.36. The van der Waals surface area contributed by atoms with Crippen molar-refractivity contribution < 1.29 is 8.83 Å². The summed E-state index contributed by atoms with van der Waals surface area (Å²) in [7, 11) is 0. The van der Waals surface area contributed by atoms with Crippen LogP contribution in [0.25, 0.3) is 11.5 Å². The summed E-state index contributed by atoms with van der Waals surface area (Å²) in [5.74, 6) is 3.65. The van der Waals surface area contributed by atoms with E-state index in [-0.39, 0.29) is 6.01 Å². The summed E-state index contributed by atoms with van der Waals surface area (Å²) in [5, 5.41) is 0. The van der Waals surface area contributed by atoms with Crippen molar-refractivity contribution in [2.45, 2.75) is 19.3 Å². The van der Waals surface area contributed by atoms with Gasteiger partial charge in [0.25, 0.3) is 6.01 Å². The lowest BCUT2D eigenvalue weighted by Gasteiger charge is -1.91. The summed E-state index contributed by atoms with van der Waals surface area (Å²) in [5.41, 5.74) is 5.40. The molecule has 4 nitrogen and oxygen atoms in total. The molecule has 2 unspecified atom stereocenters. The lowest BCUT2D eigenvalue weighted by atomic mass is 10.3. The van der Waals surface area contributed by atoms with E-state index in [9.17, 15) is 0 Å². The van der Waals surface area contributed by atoms with Gasteiger partial charge in [-0.3, -0.25) is 0 Å². The van der Waals surface area contributed by atoms with Crippen molar-refractivity contribution >= 4 is 6.01 Å². The zero-order valence-corrected chi connectivity index (χ0v) is 8.43. The molecular formula is C11H12N2O2. The summed E-state index contributed by atoms with van der Waals surface area (Å²) in [6.45, 7) is 2.22. The van der Waals surface area contributed by atoms with Gasteiger partial charge < -0.3 is 14.6 Å². The van der Waals surface area contributed by atoms with Crippen LogP contribution in [0.5, 0.6) is 0 Å². The number of hydrogen-bond donors (Lipinski definition) is 1. The van der Waals surface area contributed by atoms with Gasteiger partial charge in [0.15, 0.2) is 11.5 Å². The lowest BCUT2D eigenvalue weighted by Crippen LogP contribution is -1.79. The molecule has 78 valence electrons. The topological polar surface area (TPSA) is 65.2 Å². The normalized spacial score (nSPS) is 24.3. The van der Waals surface area contributed by atoms with Crippen LogP contribution in [0.3, 0.4) is 0 Å². The largest absolute Gasteiger partial charge is 0.457 e. The first kappa shape index (κ1) is 8.59. The van der Waals surface area contributed by atoms with E-state index in [2.05, 4.69) is 11.9 Å². The first-order valence-corrected chi connectivity index (χ1v) is 5.05. The highest BCUT2D eigenvalue weighted by Crippen LogP contribution is 2.48. The lowest BCUT2D eigenvalue weighted by molar-refractivity contribution is 0.493. The molecule has 0 radical (unpaired) electrons. The Bertz CT molecular complexity index is 486. The molecule has 0 aromatic carbocycles. The highest BCUT2D eigenvalue weighted by atomic mass is 16.4. The van der Waals surface area contributed by atoms with Crippen molar-refractivity contribution in [3.8, 4) is 11.5 Å². The fourth-order valence-corrected chi connectivity index (χ4v) is 1.80. The van der Waals surface area contributed by atoms with E-state index in [4.69, 9.17) is 14.6 Å². The van der Waals surface area contributed by atoms with Gasteiger partial charge in [0, 0.05) is 5.92 Å². The first-order valence-electron chi connectivity index (χ1n) is 5.05. The number of oxazole rings is 1. The number of furan rings is 1. The fourth-order valence-electron chi connectivity index (χ4n) is 1.80. The Morgan fingerprint density at radius 2 is 2.13 bits per heavy atom. The molecule has 2 N–H and O–H groups in total. The van der Waals surface area contributed by atoms with Crippen molar-refractivity contribution in [3.05, 3.63) is 24.1 Å². The van der Waals surface area contributed by atoms with Crippen molar-refractivity contribution in [1.29, 1.82) is 0 Å². The minimum atomic E-state index is 0.169. The molecule has 0 amide bonds. The third-order valence-corrected chi connectivity index (χ3v) is 2.87. The number of aromatic nitrogens is 1. The van der Waals surface area contributed by atoms with E-state index in [0.29, 0.717) is 17.4 Å². The van der Waals surface area contributed by atoms with Crippen LogP contribution in [0.4, 0.5) is 6.01 Å². The first-order chi connectivity index (χ1) is 7.24. The summed E-state index contributed by atoms with van der Waals surface area (Å²) in [6, 6.07) is 4.07. The van der Waals surface area contributed by atoms with E-state index in [1.54, 1.807) is 6.20 Å². The van der Waals surface area contributed by atoms with Gasteiger partial charge in [-0.15, -0.1) is 0 Å². The van der Waals surface area contributed by atoms with Gasteiger partial charge in [0.2, 0.25) is 0 Å². The molecule has 15 heavy (non-hydrogen) atoms. The van der Waals surface area contributed by atoms with Gasteiger partial charge in [0.05, 0.1) is 6.20 Å². The Balaban J connectivity index is 1.90. The summed E-state index contributed by atoms with van der Waals surface area (Å²) >= 11 is 0. The molecule has 2 atom stereocenters. The summed E-state index contributed by atoms with van der Waals surface area (Å²) in [6.07, 6.45) is 2.79. The van der Waals surface area contributed by atoms with Gasteiger partial charge in [-0.05, 0) is 24.5 Å². The number of nitrogen functional groups attached to an aromatic ring is 1. The standard InChI is InChI=1S/C11H12N2O2/c1-6-4-7(6)8-2-3-9(14-8)10-5-13-11(12)15-10/h2-3,5-7H,4H2,1H3,(H2,12,13). The van der Waals surface area contributed by atoms with Crippen LogP contribution in [0.1, 0.15) is 25.0 Å². The van der Waals surface area contributed by atoms with Crippen LogP contribution < -0.4 is 5.73 Å². The molecule has 2 heterocycles. The summed E-state index contributed by atoms with van der Waals surface area (Å²) < 4.78 is 10.9. The third-order valence-electron chi connectivity index (χ3n) is 2.87. The molecule has 2 aromatic heterocycles. The minimum Gasteiger partial charge on any atom is -0.457 e. The zero-order chi connectivity index (χ0) is 10.4. The Morgan fingerprint density at radius 1 is 1.33 bits per heavy atom. The predicted octanol–water partition coefficient (Wildman–Crippen LogP) is 2.64. The number of hydrogen-bond acceptors (Lipinski definition) is 4. The third kappa shape index (κ3) is 1.42. The molecule has 0 aliphatic heterocycles. The number of anilines is 1. The van der Waals surface area contributed by atoms with Gasteiger partial charge in [0.1, 0.15) is 5.76 Å². The van der Waals surface area contributed by atoms with Gasteiger partial charge in [-0.1, -0.05) is 6.92 Å². The molecule has 1 aliphatic carbocycles. The van der Waals surface area contributed by atoms with E-state index in [1.807, 2.05) is 12.1 Å². The molecule has 1 aliphatic rings.